The lowest BCUT2D eigenvalue weighted by Gasteiger charge is -1.84. The van der Waals surface area contributed by atoms with E-state index in [4.69, 9.17) is 11.6 Å². The molecule has 0 saturated carbocycles. The van der Waals surface area contributed by atoms with Crippen molar-refractivity contribution in [3.8, 4) is 0 Å². The Bertz CT molecular complexity index is 105. The Morgan fingerprint density at radius 3 is 2.00 bits per heavy atom. The molecular formula is C9H15ClS. The van der Waals surface area contributed by atoms with Gasteiger partial charge < -0.3 is 0 Å². The summed E-state index contributed by atoms with van der Waals surface area (Å²) in [7, 11) is 0. The van der Waals surface area contributed by atoms with Crippen LogP contribution in [0.2, 0.25) is 0 Å². The number of hydrogen-bond donors (Lipinski definition) is 0. The number of alkyl halides is 1. The highest BCUT2D eigenvalue weighted by molar-refractivity contribution is 7.07. The Kier molecular flexibility index (Phi) is 9.98. The fraction of sp³-hybridized carbons (Fsp3) is 0.556. The lowest BCUT2D eigenvalue weighted by Crippen LogP contribution is -1.70. The van der Waals surface area contributed by atoms with Crippen LogP contribution in [0.4, 0.5) is 0 Å². The number of halogens is 1. The molecule has 0 unspecified atom stereocenters. The van der Waals surface area contributed by atoms with Crippen LogP contribution in [0, 0.1) is 0 Å². The topological polar surface area (TPSA) is 0 Å². The van der Waals surface area contributed by atoms with E-state index in [0.717, 1.165) is 5.88 Å². The van der Waals surface area contributed by atoms with Gasteiger partial charge in [0.1, 0.15) is 0 Å². The Hall–Kier alpha value is -0.0100. The van der Waals surface area contributed by atoms with Crippen LogP contribution >= 0.6 is 22.9 Å². The predicted molar refractivity (Wildman–Crippen MR) is 54.6 cm³/mol. The molecule has 0 N–H and O–H groups in total. The van der Waals surface area contributed by atoms with Gasteiger partial charge in [0.15, 0.2) is 0 Å². The van der Waals surface area contributed by atoms with Gasteiger partial charge in [-0.2, -0.15) is 11.3 Å². The molecule has 64 valence electrons. The normalized spacial score (nSPS) is 8.55. The van der Waals surface area contributed by atoms with Gasteiger partial charge in [-0.3, -0.25) is 0 Å². The van der Waals surface area contributed by atoms with Crippen LogP contribution in [0.1, 0.15) is 26.2 Å². The number of thiophene rings is 1. The van der Waals surface area contributed by atoms with E-state index < -0.39 is 0 Å². The summed E-state index contributed by atoms with van der Waals surface area (Å²) < 4.78 is 0. The standard InChI is InChI=1S/C5H11Cl.C4H4S/c1-2-3-4-5-6;1-2-4-5-3-1/h2-5H2,1H3;1-4H. The van der Waals surface area contributed by atoms with Crippen molar-refractivity contribution in [2.75, 3.05) is 5.88 Å². The first-order chi connectivity index (χ1) is 5.41. The summed E-state index contributed by atoms with van der Waals surface area (Å²) in [4.78, 5) is 0. The van der Waals surface area contributed by atoms with E-state index in [2.05, 4.69) is 6.92 Å². The third kappa shape index (κ3) is 9.99. The van der Waals surface area contributed by atoms with Gasteiger partial charge in [0.2, 0.25) is 0 Å². The van der Waals surface area contributed by atoms with Crippen LogP contribution in [0.15, 0.2) is 22.9 Å². The molecule has 1 aromatic heterocycles. The second-order valence-corrected chi connectivity index (χ2v) is 3.38. The molecule has 0 spiro atoms. The van der Waals surface area contributed by atoms with E-state index in [1.54, 1.807) is 11.3 Å². The van der Waals surface area contributed by atoms with E-state index in [0.29, 0.717) is 0 Å². The zero-order valence-electron chi connectivity index (χ0n) is 6.92. The fourth-order valence-corrected chi connectivity index (χ4v) is 1.21. The zero-order valence-corrected chi connectivity index (χ0v) is 8.50. The van der Waals surface area contributed by atoms with E-state index in [-0.39, 0.29) is 0 Å². The van der Waals surface area contributed by atoms with Crippen molar-refractivity contribution in [2.24, 2.45) is 0 Å². The van der Waals surface area contributed by atoms with Gasteiger partial charge >= 0.3 is 0 Å². The Labute approximate surface area is 78.2 Å². The van der Waals surface area contributed by atoms with Crippen molar-refractivity contribution < 1.29 is 0 Å². The van der Waals surface area contributed by atoms with Gasteiger partial charge in [0.05, 0.1) is 0 Å². The van der Waals surface area contributed by atoms with Crippen molar-refractivity contribution in [2.45, 2.75) is 26.2 Å². The molecule has 0 saturated heterocycles. The average Bonchev–Trinajstić information content (AvgIpc) is 2.57. The zero-order chi connectivity index (χ0) is 8.36. The summed E-state index contributed by atoms with van der Waals surface area (Å²) in [5, 5.41) is 4.08. The van der Waals surface area contributed by atoms with Crippen LogP contribution in [0.25, 0.3) is 0 Å². The maximum absolute atomic E-state index is 5.38. The van der Waals surface area contributed by atoms with Crippen molar-refractivity contribution in [1.82, 2.24) is 0 Å². The first-order valence-electron chi connectivity index (χ1n) is 3.95. The molecule has 0 aliphatic rings. The molecule has 0 radical (unpaired) electrons. The minimum atomic E-state index is 0.827. The van der Waals surface area contributed by atoms with Crippen LogP contribution in [0.5, 0.6) is 0 Å². The molecule has 0 aliphatic carbocycles. The molecule has 0 atom stereocenters. The molecule has 1 rings (SSSR count). The average molecular weight is 191 g/mol. The molecule has 1 aromatic rings. The first kappa shape index (κ1) is 11.0. The molecule has 0 aromatic carbocycles. The number of unbranched alkanes of at least 4 members (excludes halogenated alkanes) is 2. The lowest BCUT2D eigenvalue weighted by atomic mass is 10.3. The first-order valence-corrected chi connectivity index (χ1v) is 5.42. The monoisotopic (exact) mass is 190 g/mol. The number of hydrogen-bond acceptors (Lipinski definition) is 1. The van der Waals surface area contributed by atoms with Gasteiger partial charge in [-0.15, -0.1) is 11.6 Å². The van der Waals surface area contributed by atoms with Crippen LogP contribution in [-0.4, -0.2) is 5.88 Å². The highest BCUT2D eigenvalue weighted by Crippen LogP contribution is 1.93. The summed E-state index contributed by atoms with van der Waals surface area (Å²) in [5.74, 6) is 0.827. The van der Waals surface area contributed by atoms with Crippen molar-refractivity contribution in [3.05, 3.63) is 22.9 Å². The highest BCUT2D eigenvalue weighted by atomic mass is 35.5. The van der Waals surface area contributed by atoms with Gasteiger partial charge in [0, 0.05) is 5.88 Å². The van der Waals surface area contributed by atoms with E-state index in [9.17, 15) is 0 Å². The summed E-state index contributed by atoms with van der Waals surface area (Å²) in [6.45, 7) is 2.17. The fourth-order valence-electron chi connectivity index (χ4n) is 0.571. The predicted octanol–water partition coefficient (Wildman–Crippen LogP) is 4.16. The minimum Gasteiger partial charge on any atom is -0.152 e. The molecular weight excluding hydrogens is 176 g/mol. The molecule has 0 nitrogen and oxygen atoms in total. The molecule has 0 amide bonds. The van der Waals surface area contributed by atoms with Crippen molar-refractivity contribution in [3.63, 3.8) is 0 Å². The third-order valence-corrected chi connectivity index (χ3v) is 2.06. The Morgan fingerprint density at radius 2 is 1.82 bits per heavy atom. The smallest absolute Gasteiger partial charge is 0.0223 e. The second-order valence-electron chi connectivity index (χ2n) is 2.19. The van der Waals surface area contributed by atoms with Crippen LogP contribution in [-0.2, 0) is 0 Å². The Morgan fingerprint density at radius 1 is 1.18 bits per heavy atom. The summed E-state index contributed by atoms with van der Waals surface area (Å²) in [6, 6.07) is 4.04. The SMILES string of the molecule is CCCCCCl.c1ccsc1. The quantitative estimate of drug-likeness (QED) is 0.496. The summed E-state index contributed by atoms with van der Waals surface area (Å²) in [6.07, 6.45) is 3.73. The molecule has 2 heteroatoms. The van der Waals surface area contributed by atoms with E-state index in [1.165, 1.54) is 19.3 Å². The van der Waals surface area contributed by atoms with Crippen LogP contribution in [0.3, 0.4) is 0 Å². The molecule has 11 heavy (non-hydrogen) atoms. The maximum atomic E-state index is 5.38. The van der Waals surface area contributed by atoms with Crippen LogP contribution < -0.4 is 0 Å². The largest absolute Gasteiger partial charge is 0.152 e. The van der Waals surface area contributed by atoms with Gasteiger partial charge in [-0.25, -0.2) is 0 Å². The maximum Gasteiger partial charge on any atom is 0.0223 e. The van der Waals surface area contributed by atoms with E-state index in [1.807, 2.05) is 22.9 Å². The summed E-state index contributed by atoms with van der Waals surface area (Å²) in [5.41, 5.74) is 0. The Balaban J connectivity index is 0.000000183. The molecule has 0 aliphatic heterocycles. The highest BCUT2D eigenvalue weighted by Gasteiger charge is 1.76. The minimum absolute atomic E-state index is 0.827. The second kappa shape index (κ2) is 9.99. The molecule has 1 heterocycles. The molecule has 0 fully saturated rings. The number of rotatable bonds is 3. The molecule has 0 bridgehead atoms. The van der Waals surface area contributed by atoms with Gasteiger partial charge in [-0.05, 0) is 17.2 Å². The third-order valence-electron chi connectivity index (χ3n) is 1.16. The van der Waals surface area contributed by atoms with Gasteiger partial charge in [0.25, 0.3) is 0 Å². The van der Waals surface area contributed by atoms with E-state index >= 15 is 0 Å². The summed E-state index contributed by atoms with van der Waals surface area (Å²) >= 11 is 7.09. The van der Waals surface area contributed by atoms with Crippen molar-refractivity contribution in [1.29, 1.82) is 0 Å². The van der Waals surface area contributed by atoms with Gasteiger partial charge in [-0.1, -0.05) is 31.9 Å². The van der Waals surface area contributed by atoms with Crippen molar-refractivity contribution >= 4 is 22.9 Å². The lowest BCUT2D eigenvalue weighted by molar-refractivity contribution is 0.776.